The van der Waals surface area contributed by atoms with Crippen molar-refractivity contribution in [3.63, 3.8) is 0 Å². The van der Waals surface area contributed by atoms with Crippen LogP contribution in [0.1, 0.15) is 5.56 Å². The molecule has 6 nitrogen and oxygen atoms in total. The SMILES string of the molecule is Cn1cc(CCn2cc(I)c(=O)[nH]c2=O)cn1. The number of halogens is 1. The van der Waals surface area contributed by atoms with Crippen molar-refractivity contribution in [1.82, 2.24) is 19.3 Å². The monoisotopic (exact) mass is 346 g/mol. The molecule has 0 radical (unpaired) electrons. The highest BCUT2D eigenvalue weighted by Gasteiger charge is 2.03. The van der Waals surface area contributed by atoms with Crippen LogP contribution in [0.2, 0.25) is 0 Å². The molecule has 0 fully saturated rings. The van der Waals surface area contributed by atoms with E-state index in [9.17, 15) is 9.59 Å². The Morgan fingerprint density at radius 1 is 1.41 bits per heavy atom. The van der Waals surface area contributed by atoms with E-state index in [1.54, 1.807) is 17.1 Å². The maximum absolute atomic E-state index is 11.5. The van der Waals surface area contributed by atoms with Crippen LogP contribution in [-0.2, 0) is 20.0 Å². The van der Waals surface area contributed by atoms with Crippen molar-refractivity contribution in [3.05, 3.63) is 48.6 Å². The van der Waals surface area contributed by atoms with Crippen LogP contribution in [0, 0.1) is 3.57 Å². The molecule has 2 aromatic rings. The van der Waals surface area contributed by atoms with Gasteiger partial charge in [0.25, 0.3) is 5.56 Å². The van der Waals surface area contributed by atoms with Crippen LogP contribution in [0.5, 0.6) is 0 Å². The Kier molecular flexibility index (Phi) is 3.46. The van der Waals surface area contributed by atoms with Gasteiger partial charge >= 0.3 is 5.69 Å². The first-order valence-electron chi connectivity index (χ1n) is 5.03. The molecule has 2 heterocycles. The summed E-state index contributed by atoms with van der Waals surface area (Å²) >= 11 is 1.91. The molecule has 0 aliphatic rings. The highest BCUT2D eigenvalue weighted by molar-refractivity contribution is 14.1. The van der Waals surface area contributed by atoms with Crippen LogP contribution in [0.3, 0.4) is 0 Å². The fourth-order valence-electron chi connectivity index (χ4n) is 1.50. The molecule has 0 amide bonds. The molecule has 2 aromatic heterocycles. The summed E-state index contributed by atoms with van der Waals surface area (Å²) in [7, 11) is 1.85. The Labute approximate surface area is 110 Å². The predicted octanol–water partition coefficient (Wildman–Crippen LogP) is 0.117. The number of hydrogen-bond donors (Lipinski definition) is 1. The quantitative estimate of drug-likeness (QED) is 0.803. The second-order valence-electron chi connectivity index (χ2n) is 3.70. The number of nitrogens with one attached hydrogen (secondary N) is 1. The van der Waals surface area contributed by atoms with E-state index >= 15 is 0 Å². The van der Waals surface area contributed by atoms with Crippen LogP contribution in [0.25, 0.3) is 0 Å². The lowest BCUT2D eigenvalue weighted by atomic mass is 10.2. The van der Waals surface area contributed by atoms with Gasteiger partial charge in [0.05, 0.1) is 9.77 Å². The highest BCUT2D eigenvalue weighted by Crippen LogP contribution is 2.00. The van der Waals surface area contributed by atoms with Crippen molar-refractivity contribution in [2.45, 2.75) is 13.0 Å². The molecule has 0 atom stereocenters. The number of aromatic nitrogens is 4. The Morgan fingerprint density at radius 3 is 2.82 bits per heavy atom. The van der Waals surface area contributed by atoms with E-state index in [0.717, 1.165) is 5.56 Å². The summed E-state index contributed by atoms with van der Waals surface area (Å²) in [5.41, 5.74) is 0.341. The zero-order chi connectivity index (χ0) is 12.4. The van der Waals surface area contributed by atoms with Crippen LogP contribution in [0.15, 0.2) is 28.2 Å². The molecule has 90 valence electrons. The van der Waals surface area contributed by atoms with Crippen LogP contribution in [-0.4, -0.2) is 19.3 Å². The molecule has 0 aromatic carbocycles. The van der Waals surface area contributed by atoms with E-state index in [0.29, 0.717) is 16.5 Å². The van der Waals surface area contributed by atoms with Gasteiger partial charge in [-0.3, -0.25) is 19.0 Å². The van der Waals surface area contributed by atoms with Gasteiger partial charge in [0, 0.05) is 26.0 Å². The molecule has 1 N–H and O–H groups in total. The number of hydrogen-bond acceptors (Lipinski definition) is 3. The van der Waals surface area contributed by atoms with Gasteiger partial charge in [-0.2, -0.15) is 5.10 Å². The summed E-state index contributed by atoms with van der Waals surface area (Å²) in [6.07, 6.45) is 5.94. The van der Waals surface area contributed by atoms with Crippen LogP contribution < -0.4 is 11.2 Å². The third-order valence-corrected chi connectivity index (χ3v) is 3.14. The normalized spacial score (nSPS) is 10.7. The standard InChI is InChI=1S/C10H11IN4O2/c1-14-5-7(4-12-14)2-3-15-6-8(11)9(16)13-10(15)17/h4-6H,2-3H2,1H3,(H,13,16,17). The van der Waals surface area contributed by atoms with E-state index in [2.05, 4.69) is 10.1 Å². The van der Waals surface area contributed by atoms with Crippen molar-refractivity contribution in [2.24, 2.45) is 7.05 Å². The van der Waals surface area contributed by atoms with Gasteiger partial charge in [0.1, 0.15) is 0 Å². The average molecular weight is 346 g/mol. The summed E-state index contributed by atoms with van der Waals surface area (Å²) in [6, 6.07) is 0. The second-order valence-corrected chi connectivity index (χ2v) is 4.86. The lowest BCUT2D eigenvalue weighted by molar-refractivity contribution is 0.641. The lowest BCUT2D eigenvalue weighted by Crippen LogP contribution is -2.31. The van der Waals surface area contributed by atoms with Gasteiger partial charge in [-0.1, -0.05) is 0 Å². The van der Waals surface area contributed by atoms with E-state index in [-0.39, 0.29) is 11.2 Å². The molecule has 0 saturated carbocycles. The van der Waals surface area contributed by atoms with Gasteiger partial charge in [-0.15, -0.1) is 0 Å². The summed E-state index contributed by atoms with van der Waals surface area (Å²) in [5.74, 6) is 0. The number of aryl methyl sites for hydroxylation is 3. The predicted molar refractivity (Wildman–Crippen MR) is 71.0 cm³/mol. The molecule has 0 bridgehead atoms. The number of aromatic amines is 1. The maximum Gasteiger partial charge on any atom is 0.328 e. The van der Waals surface area contributed by atoms with Gasteiger partial charge in [0.2, 0.25) is 0 Å². The molecule has 17 heavy (non-hydrogen) atoms. The van der Waals surface area contributed by atoms with Crippen molar-refractivity contribution < 1.29 is 0 Å². The molecular weight excluding hydrogens is 335 g/mol. The van der Waals surface area contributed by atoms with E-state index in [4.69, 9.17) is 0 Å². The Bertz CT molecular complexity index is 640. The highest BCUT2D eigenvalue weighted by atomic mass is 127. The zero-order valence-corrected chi connectivity index (χ0v) is 11.3. The average Bonchev–Trinajstić information content (AvgIpc) is 2.68. The molecule has 0 spiro atoms. The fraction of sp³-hybridized carbons (Fsp3) is 0.300. The maximum atomic E-state index is 11.5. The minimum Gasteiger partial charge on any atom is -0.299 e. The summed E-state index contributed by atoms with van der Waals surface area (Å²) in [4.78, 5) is 25.0. The van der Waals surface area contributed by atoms with Crippen molar-refractivity contribution >= 4 is 22.6 Å². The fourth-order valence-corrected chi connectivity index (χ4v) is 1.97. The summed E-state index contributed by atoms with van der Waals surface area (Å²) in [5, 5.41) is 4.05. The van der Waals surface area contributed by atoms with E-state index in [1.165, 1.54) is 4.57 Å². The second kappa shape index (κ2) is 4.86. The van der Waals surface area contributed by atoms with Gasteiger partial charge in [-0.25, -0.2) is 4.79 Å². The molecule has 7 heteroatoms. The van der Waals surface area contributed by atoms with Gasteiger partial charge in [0.15, 0.2) is 0 Å². The molecule has 0 unspecified atom stereocenters. The van der Waals surface area contributed by atoms with E-state index in [1.807, 2.05) is 35.8 Å². The molecule has 0 aliphatic heterocycles. The van der Waals surface area contributed by atoms with Crippen molar-refractivity contribution in [2.75, 3.05) is 0 Å². The summed E-state index contributed by atoms with van der Waals surface area (Å²) in [6.45, 7) is 0.525. The van der Waals surface area contributed by atoms with Crippen LogP contribution >= 0.6 is 22.6 Å². The number of rotatable bonds is 3. The number of H-pyrrole nitrogens is 1. The largest absolute Gasteiger partial charge is 0.328 e. The smallest absolute Gasteiger partial charge is 0.299 e. The number of nitrogens with zero attached hydrogens (tertiary/aromatic N) is 3. The van der Waals surface area contributed by atoms with Gasteiger partial charge in [-0.05, 0) is 34.6 Å². The molecule has 0 saturated heterocycles. The minimum absolute atomic E-state index is 0.340. The van der Waals surface area contributed by atoms with Crippen LogP contribution in [0.4, 0.5) is 0 Å². The third kappa shape index (κ3) is 2.84. The Hall–Kier alpha value is -1.38. The third-order valence-electron chi connectivity index (χ3n) is 2.37. The molecule has 0 aliphatic carbocycles. The molecular formula is C10H11IN4O2. The van der Waals surface area contributed by atoms with Crippen molar-refractivity contribution in [3.8, 4) is 0 Å². The molecule has 2 rings (SSSR count). The first kappa shape index (κ1) is 12.1. The Morgan fingerprint density at radius 2 is 2.18 bits per heavy atom. The Balaban J connectivity index is 2.17. The first-order valence-corrected chi connectivity index (χ1v) is 6.11. The summed E-state index contributed by atoms with van der Waals surface area (Å²) < 4.78 is 3.72. The lowest BCUT2D eigenvalue weighted by Gasteiger charge is -2.03. The zero-order valence-electron chi connectivity index (χ0n) is 9.18. The topological polar surface area (TPSA) is 72.7 Å². The van der Waals surface area contributed by atoms with E-state index < -0.39 is 0 Å². The minimum atomic E-state index is -0.376. The van der Waals surface area contributed by atoms with Gasteiger partial charge < -0.3 is 0 Å². The van der Waals surface area contributed by atoms with Crippen molar-refractivity contribution in [1.29, 1.82) is 0 Å². The first-order chi connectivity index (χ1) is 8.06.